The SMILES string of the molecule is COc1ccc(-c2cc3ncc4c(n3n2)CC2CCC4N2CC(=O)OC(C)C)cc1. The molecule has 0 spiro atoms. The van der Waals surface area contributed by atoms with Crippen LogP contribution in [0.1, 0.15) is 44.0 Å². The van der Waals surface area contributed by atoms with E-state index >= 15 is 0 Å². The van der Waals surface area contributed by atoms with Crippen LogP contribution in [-0.4, -0.2) is 51.3 Å². The van der Waals surface area contributed by atoms with Gasteiger partial charge in [0.2, 0.25) is 0 Å². The Labute approximate surface area is 175 Å². The molecule has 2 atom stereocenters. The van der Waals surface area contributed by atoms with Gasteiger partial charge in [-0.05, 0) is 51.0 Å². The highest BCUT2D eigenvalue weighted by molar-refractivity contribution is 5.72. The second-order valence-corrected chi connectivity index (χ2v) is 8.35. The number of fused-ring (bicyclic) bond motifs is 6. The van der Waals surface area contributed by atoms with Crippen molar-refractivity contribution in [2.24, 2.45) is 0 Å². The number of hydrogen-bond acceptors (Lipinski definition) is 6. The van der Waals surface area contributed by atoms with Crippen LogP contribution in [0, 0.1) is 0 Å². The Morgan fingerprint density at radius 3 is 2.77 bits per heavy atom. The van der Waals surface area contributed by atoms with Crippen molar-refractivity contribution >= 4 is 11.6 Å². The Hall–Kier alpha value is -2.93. The molecule has 1 saturated heterocycles. The van der Waals surface area contributed by atoms with E-state index in [0.29, 0.717) is 12.6 Å². The summed E-state index contributed by atoms with van der Waals surface area (Å²) in [5.74, 6) is 0.672. The predicted octanol–water partition coefficient (Wildman–Crippen LogP) is 3.42. The van der Waals surface area contributed by atoms with Crippen molar-refractivity contribution in [2.75, 3.05) is 13.7 Å². The van der Waals surface area contributed by atoms with Gasteiger partial charge in [-0.3, -0.25) is 9.69 Å². The van der Waals surface area contributed by atoms with Crippen molar-refractivity contribution in [2.45, 2.75) is 51.3 Å². The van der Waals surface area contributed by atoms with Crippen molar-refractivity contribution in [3.63, 3.8) is 0 Å². The Kier molecular flexibility index (Phi) is 4.70. The summed E-state index contributed by atoms with van der Waals surface area (Å²) in [6, 6.07) is 10.5. The van der Waals surface area contributed by atoms with Gasteiger partial charge in [0, 0.05) is 41.9 Å². The number of carbonyl (C=O) groups excluding carboxylic acids is 1. The molecule has 0 N–H and O–H groups in total. The minimum atomic E-state index is -0.153. The quantitative estimate of drug-likeness (QED) is 0.605. The van der Waals surface area contributed by atoms with Crippen molar-refractivity contribution in [1.29, 1.82) is 0 Å². The van der Waals surface area contributed by atoms with Crippen molar-refractivity contribution in [1.82, 2.24) is 19.5 Å². The van der Waals surface area contributed by atoms with Gasteiger partial charge in [-0.15, -0.1) is 0 Å². The average Bonchev–Trinajstić information content (AvgIpc) is 3.27. The molecule has 2 bridgehead atoms. The summed E-state index contributed by atoms with van der Waals surface area (Å²) in [5, 5.41) is 4.88. The maximum atomic E-state index is 12.3. The molecule has 3 aromatic rings. The molecule has 0 saturated carbocycles. The van der Waals surface area contributed by atoms with Crippen LogP contribution >= 0.6 is 0 Å². The maximum absolute atomic E-state index is 12.3. The maximum Gasteiger partial charge on any atom is 0.320 e. The Morgan fingerprint density at radius 2 is 2.03 bits per heavy atom. The van der Waals surface area contributed by atoms with Crippen LogP contribution in [0.5, 0.6) is 5.75 Å². The average molecular weight is 406 g/mol. The Bertz CT molecular complexity index is 1090. The molecule has 2 aromatic heterocycles. The van der Waals surface area contributed by atoms with E-state index in [9.17, 15) is 4.79 Å². The second-order valence-electron chi connectivity index (χ2n) is 8.35. The fourth-order valence-corrected chi connectivity index (χ4v) is 4.78. The minimum Gasteiger partial charge on any atom is -0.497 e. The van der Waals surface area contributed by atoms with Gasteiger partial charge in [-0.1, -0.05) is 0 Å². The van der Waals surface area contributed by atoms with E-state index in [1.165, 1.54) is 11.3 Å². The number of aromatic nitrogens is 3. The number of benzene rings is 1. The fourth-order valence-electron chi connectivity index (χ4n) is 4.78. The third kappa shape index (κ3) is 3.23. The molecule has 0 radical (unpaired) electrons. The van der Waals surface area contributed by atoms with Crippen LogP contribution in [-0.2, 0) is 16.0 Å². The smallest absolute Gasteiger partial charge is 0.320 e. The minimum absolute atomic E-state index is 0.0889. The molecule has 2 unspecified atom stereocenters. The van der Waals surface area contributed by atoms with Gasteiger partial charge in [-0.25, -0.2) is 9.50 Å². The normalized spacial score (nSPS) is 20.5. The van der Waals surface area contributed by atoms with Crippen LogP contribution in [0.2, 0.25) is 0 Å². The van der Waals surface area contributed by atoms with Gasteiger partial charge in [0.25, 0.3) is 0 Å². The molecule has 1 fully saturated rings. The molecule has 156 valence electrons. The summed E-state index contributed by atoms with van der Waals surface area (Å²) in [7, 11) is 1.66. The Morgan fingerprint density at radius 1 is 1.23 bits per heavy atom. The summed E-state index contributed by atoms with van der Waals surface area (Å²) >= 11 is 0. The lowest BCUT2D eigenvalue weighted by molar-refractivity contribution is -0.149. The van der Waals surface area contributed by atoms with E-state index < -0.39 is 0 Å². The molecule has 1 aromatic carbocycles. The Balaban J connectivity index is 1.47. The van der Waals surface area contributed by atoms with E-state index in [4.69, 9.17) is 14.6 Å². The van der Waals surface area contributed by atoms with Gasteiger partial charge in [0.1, 0.15) is 5.75 Å². The van der Waals surface area contributed by atoms with E-state index in [2.05, 4.69) is 9.88 Å². The third-order valence-electron chi connectivity index (χ3n) is 6.11. The molecule has 4 heterocycles. The molecule has 0 amide bonds. The summed E-state index contributed by atoms with van der Waals surface area (Å²) in [6.45, 7) is 4.11. The summed E-state index contributed by atoms with van der Waals surface area (Å²) in [6.07, 6.45) is 4.85. The van der Waals surface area contributed by atoms with Crippen molar-refractivity contribution < 1.29 is 14.3 Å². The van der Waals surface area contributed by atoms with Crippen molar-refractivity contribution in [3.8, 4) is 17.0 Å². The van der Waals surface area contributed by atoms with Gasteiger partial charge in [-0.2, -0.15) is 5.10 Å². The number of ether oxygens (including phenoxy) is 2. The van der Waals surface area contributed by atoms with Crippen LogP contribution in [0.25, 0.3) is 16.9 Å². The first-order chi connectivity index (χ1) is 14.5. The monoisotopic (exact) mass is 406 g/mol. The van der Waals surface area contributed by atoms with Crippen molar-refractivity contribution in [3.05, 3.63) is 47.8 Å². The highest BCUT2D eigenvalue weighted by Crippen LogP contribution is 2.43. The molecular weight excluding hydrogens is 380 g/mol. The standard InChI is InChI=1S/C23H26N4O3/c1-14(2)30-23(28)13-26-16-6-9-20(26)18-12-24-22-11-19(25-27(22)21(18)10-16)15-4-7-17(29-3)8-5-15/h4-5,7-8,11-12,14,16,20H,6,9-10,13H2,1-3H3. The lowest BCUT2D eigenvalue weighted by atomic mass is 9.99. The van der Waals surface area contributed by atoms with E-state index in [-0.39, 0.29) is 18.1 Å². The highest BCUT2D eigenvalue weighted by atomic mass is 16.5. The number of carbonyl (C=O) groups is 1. The van der Waals surface area contributed by atoms with Crippen LogP contribution in [0.4, 0.5) is 0 Å². The van der Waals surface area contributed by atoms with E-state index in [0.717, 1.165) is 41.9 Å². The lowest BCUT2D eigenvalue weighted by Crippen LogP contribution is -2.42. The molecule has 7 nitrogen and oxygen atoms in total. The first-order valence-electron chi connectivity index (χ1n) is 10.5. The molecule has 2 aliphatic heterocycles. The number of methoxy groups -OCH3 is 1. The number of nitrogens with zero attached hydrogens (tertiary/aromatic N) is 4. The zero-order valence-corrected chi connectivity index (χ0v) is 17.5. The number of rotatable bonds is 5. The zero-order chi connectivity index (χ0) is 20.8. The van der Waals surface area contributed by atoms with E-state index in [1.807, 2.05) is 54.9 Å². The largest absolute Gasteiger partial charge is 0.497 e. The first-order valence-corrected chi connectivity index (χ1v) is 10.5. The molecule has 0 aliphatic carbocycles. The second kappa shape index (κ2) is 7.40. The fraction of sp³-hybridized carbons (Fsp3) is 0.435. The number of esters is 1. The van der Waals surface area contributed by atoms with Gasteiger partial charge < -0.3 is 9.47 Å². The van der Waals surface area contributed by atoms with E-state index in [1.54, 1.807) is 7.11 Å². The summed E-state index contributed by atoms with van der Waals surface area (Å²) in [4.78, 5) is 19.2. The van der Waals surface area contributed by atoms with Crippen LogP contribution in [0.3, 0.4) is 0 Å². The molecular formula is C23H26N4O3. The van der Waals surface area contributed by atoms with Crippen LogP contribution in [0.15, 0.2) is 36.5 Å². The molecule has 2 aliphatic rings. The summed E-state index contributed by atoms with van der Waals surface area (Å²) < 4.78 is 12.6. The van der Waals surface area contributed by atoms with Gasteiger partial charge >= 0.3 is 5.97 Å². The third-order valence-corrected chi connectivity index (χ3v) is 6.11. The molecule has 5 rings (SSSR count). The van der Waals surface area contributed by atoms with Gasteiger partial charge in [0.05, 0.1) is 31.1 Å². The van der Waals surface area contributed by atoms with Crippen LogP contribution < -0.4 is 4.74 Å². The summed E-state index contributed by atoms with van der Waals surface area (Å²) in [5.41, 5.74) is 5.17. The molecule has 30 heavy (non-hydrogen) atoms. The topological polar surface area (TPSA) is 69.0 Å². The van der Waals surface area contributed by atoms with Gasteiger partial charge in [0.15, 0.2) is 5.65 Å². The first kappa shape index (κ1) is 19.1. The predicted molar refractivity (Wildman–Crippen MR) is 112 cm³/mol. The zero-order valence-electron chi connectivity index (χ0n) is 17.5. The highest BCUT2D eigenvalue weighted by Gasteiger charge is 2.42. The number of hydrogen-bond donors (Lipinski definition) is 0. The molecule has 7 heteroatoms. The lowest BCUT2D eigenvalue weighted by Gasteiger charge is -2.35.